The molecule has 1 aliphatic rings. The Bertz CT molecular complexity index is 979. The number of benzene rings is 2. The van der Waals surface area contributed by atoms with Crippen molar-refractivity contribution in [3.8, 4) is 0 Å². The zero-order valence-corrected chi connectivity index (χ0v) is 17.8. The Morgan fingerprint density at radius 1 is 0.967 bits per heavy atom. The van der Waals surface area contributed by atoms with Gasteiger partial charge in [0.1, 0.15) is 5.82 Å². The second kappa shape index (κ2) is 9.28. The minimum Gasteiger partial charge on any atom is -0.354 e. The Hall–Kier alpha value is -2.89. The molecule has 2 aromatic carbocycles. The van der Waals surface area contributed by atoms with Crippen LogP contribution in [0.25, 0.3) is 0 Å². The summed E-state index contributed by atoms with van der Waals surface area (Å²) < 4.78 is 0. The number of carbonyl (C=O) groups is 1. The number of aryl methyl sites for hydroxylation is 1. The normalized spacial score (nSPS) is 14.5. The van der Waals surface area contributed by atoms with E-state index in [0.717, 1.165) is 49.1 Å². The maximum Gasteiger partial charge on any atom is 0.255 e. The summed E-state index contributed by atoms with van der Waals surface area (Å²) in [7, 11) is 0. The van der Waals surface area contributed by atoms with Crippen LogP contribution >= 0.6 is 11.6 Å². The average molecular weight is 421 g/mol. The second-order valence-corrected chi connectivity index (χ2v) is 8.05. The van der Waals surface area contributed by atoms with Crippen molar-refractivity contribution in [2.24, 2.45) is 0 Å². The van der Waals surface area contributed by atoms with E-state index in [1.807, 2.05) is 55.5 Å². The van der Waals surface area contributed by atoms with Gasteiger partial charge in [-0.25, -0.2) is 4.98 Å². The van der Waals surface area contributed by atoms with Crippen molar-refractivity contribution in [1.82, 2.24) is 9.88 Å². The molecule has 6 heteroatoms. The molecule has 1 saturated heterocycles. The van der Waals surface area contributed by atoms with Gasteiger partial charge in [0, 0.05) is 43.3 Å². The van der Waals surface area contributed by atoms with Gasteiger partial charge in [-0.05, 0) is 48.9 Å². The molecule has 3 aromatic rings. The van der Waals surface area contributed by atoms with Crippen molar-refractivity contribution in [1.29, 1.82) is 0 Å². The lowest BCUT2D eigenvalue weighted by Crippen LogP contribution is -2.46. The Kier molecular flexibility index (Phi) is 6.31. The first-order valence-corrected chi connectivity index (χ1v) is 10.5. The van der Waals surface area contributed by atoms with Crippen LogP contribution in [-0.2, 0) is 6.54 Å². The highest BCUT2D eigenvalue weighted by Gasteiger charge is 2.18. The van der Waals surface area contributed by atoms with Crippen molar-refractivity contribution in [3.63, 3.8) is 0 Å². The molecule has 2 heterocycles. The number of nitrogens with one attached hydrogen (secondary N) is 1. The molecule has 0 atom stereocenters. The number of carbonyl (C=O) groups excluding carboxylic acids is 1. The van der Waals surface area contributed by atoms with Gasteiger partial charge in [0.25, 0.3) is 5.91 Å². The van der Waals surface area contributed by atoms with Gasteiger partial charge in [-0.15, -0.1) is 0 Å². The molecule has 30 heavy (non-hydrogen) atoms. The number of anilines is 2. The standard InChI is InChI=1S/C24H25ClN4O/c1-18-2-6-20(7-3-18)24(30)27-22-10-11-23(26-16-22)29-14-12-28(13-15-29)17-19-4-8-21(25)9-5-19/h2-11,16H,12-15,17H2,1H3,(H,27,30). The van der Waals surface area contributed by atoms with E-state index in [1.54, 1.807) is 6.20 Å². The van der Waals surface area contributed by atoms with E-state index in [-0.39, 0.29) is 5.91 Å². The quantitative estimate of drug-likeness (QED) is 0.654. The number of amides is 1. The highest BCUT2D eigenvalue weighted by Crippen LogP contribution is 2.18. The van der Waals surface area contributed by atoms with Crippen LogP contribution in [-0.4, -0.2) is 42.0 Å². The molecular weight excluding hydrogens is 396 g/mol. The highest BCUT2D eigenvalue weighted by atomic mass is 35.5. The van der Waals surface area contributed by atoms with Crippen LogP contribution in [0.2, 0.25) is 5.02 Å². The first kappa shape index (κ1) is 20.4. The van der Waals surface area contributed by atoms with Crippen LogP contribution in [0.4, 0.5) is 11.5 Å². The van der Waals surface area contributed by atoms with Crippen molar-refractivity contribution in [3.05, 3.63) is 88.6 Å². The number of hydrogen-bond donors (Lipinski definition) is 1. The Morgan fingerprint density at radius 3 is 2.30 bits per heavy atom. The van der Waals surface area contributed by atoms with E-state index in [1.165, 1.54) is 5.56 Å². The fraction of sp³-hybridized carbons (Fsp3) is 0.250. The lowest BCUT2D eigenvalue weighted by atomic mass is 10.1. The number of piperazine rings is 1. The summed E-state index contributed by atoms with van der Waals surface area (Å²) in [5.41, 5.74) is 3.75. The maximum atomic E-state index is 12.4. The summed E-state index contributed by atoms with van der Waals surface area (Å²) in [5, 5.41) is 3.68. The van der Waals surface area contributed by atoms with Crippen LogP contribution < -0.4 is 10.2 Å². The number of hydrogen-bond acceptors (Lipinski definition) is 4. The molecule has 1 aliphatic heterocycles. The zero-order valence-electron chi connectivity index (χ0n) is 17.0. The highest BCUT2D eigenvalue weighted by molar-refractivity contribution is 6.30. The summed E-state index contributed by atoms with van der Waals surface area (Å²) in [6.45, 7) is 6.75. The van der Waals surface area contributed by atoms with Crippen LogP contribution in [0.5, 0.6) is 0 Å². The van der Waals surface area contributed by atoms with Crippen molar-refractivity contribution in [2.75, 3.05) is 36.4 Å². The zero-order chi connectivity index (χ0) is 20.9. The third kappa shape index (κ3) is 5.17. The molecule has 1 N–H and O–H groups in total. The Balaban J connectivity index is 1.29. The van der Waals surface area contributed by atoms with E-state index >= 15 is 0 Å². The van der Waals surface area contributed by atoms with Gasteiger partial charge in [-0.2, -0.15) is 0 Å². The number of pyridine rings is 1. The minimum absolute atomic E-state index is 0.125. The predicted molar refractivity (Wildman–Crippen MR) is 122 cm³/mol. The summed E-state index contributed by atoms with van der Waals surface area (Å²) in [5.74, 6) is 0.815. The summed E-state index contributed by atoms with van der Waals surface area (Å²) in [4.78, 5) is 21.6. The first-order valence-electron chi connectivity index (χ1n) is 10.1. The molecule has 0 aliphatic carbocycles. The van der Waals surface area contributed by atoms with E-state index in [4.69, 9.17) is 11.6 Å². The lowest BCUT2D eigenvalue weighted by molar-refractivity contribution is 0.102. The monoisotopic (exact) mass is 420 g/mol. The van der Waals surface area contributed by atoms with Crippen LogP contribution in [0, 0.1) is 6.92 Å². The van der Waals surface area contributed by atoms with E-state index < -0.39 is 0 Å². The number of halogens is 1. The molecular formula is C24H25ClN4O. The molecule has 0 unspecified atom stereocenters. The molecule has 0 saturated carbocycles. The number of nitrogens with zero attached hydrogens (tertiary/aromatic N) is 3. The number of aromatic nitrogens is 1. The third-order valence-electron chi connectivity index (χ3n) is 5.34. The van der Waals surface area contributed by atoms with E-state index in [2.05, 4.69) is 32.2 Å². The van der Waals surface area contributed by atoms with E-state index in [9.17, 15) is 4.79 Å². The van der Waals surface area contributed by atoms with Gasteiger partial charge < -0.3 is 10.2 Å². The Morgan fingerprint density at radius 2 is 1.67 bits per heavy atom. The van der Waals surface area contributed by atoms with Gasteiger partial charge in [0.15, 0.2) is 0 Å². The van der Waals surface area contributed by atoms with Gasteiger partial charge in [0.2, 0.25) is 0 Å². The molecule has 0 bridgehead atoms. The summed E-state index contributed by atoms with van der Waals surface area (Å²) >= 11 is 5.97. The molecule has 1 amide bonds. The van der Waals surface area contributed by atoms with Crippen molar-refractivity contribution < 1.29 is 4.79 Å². The first-order chi connectivity index (χ1) is 14.6. The fourth-order valence-electron chi connectivity index (χ4n) is 3.54. The Labute approximate surface area is 182 Å². The van der Waals surface area contributed by atoms with Gasteiger partial charge in [-0.1, -0.05) is 41.4 Å². The molecule has 154 valence electrons. The van der Waals surface area contributed by atoms with Crippen LogP contribution in [0.1, 0.15) is 21.5 Å². The third-order valence-corrected chi connectivity index (χ3v) is 5.59. The molecule has 4 rings (SSSR count). The molecule has 5 nitrogen and oxygen atoms in total. The summed E-state index contributed by atoms with van der Waals surface area (Å²) in [6.07, 6.45) is 1.72. The maximum absolute atomic E-state index is 12.4. The van der Waals surface area contributed by atoms with Crippen LogP contribution in [0.15, 0.2) is 66.9 Å². The molecule has 1 fully saturated rings. The van der Waals surface area contributed by atoms with Crippen molar-refractivity contribution >= 4 is 29.0 Å². The summed E-state index contributed by atoms with van der Waals surface area (Å²) in [6, 6.07) is 19.5. The van der Waals surface area contributed by atoms with Gasteiger partial charge in [0.05, 0.1) is 11.9 Å². The molecule has 1 aromatic heterocycles. The second-order valence-electron chi connectivity index (χ2n) is 7.61. The van der Waals surface area contributed by atoms with Crippen LogP contribution in [0.3, 0.4) is 0 Å². The average Bonchev–Trinajstić information content (AvgIpc) is 2.77. The lowest BCUT2D eigenvalue weighted by Gasteiger charge is -2.35. The van der Waals surface area contributed by atoms with E-state index in [0.29, 0.717) is 11.3 Å². The van der Waals surface area contributed by atoms with Crippen molar-refractivity contribution in [2.45, 2.75) is 13.5 Å². The molecule has 0 spiro atoms. The van der Waals surface area contributed by atoms with Gasteiger partial charge in [-0.3, -0.25) is 9.69 Å². The predicted octanol–water partition coefficient (Wildman–Crippen LogP) is 4.62. The topological polar surface area (TPSA) is 48.5 Å². The minimum atomic E-state index is -0.125. The largest absolute Gasteiger partial charge is 0.354 e. The SMILES string of the molecule is Cc1ccc(C(=O)Nc2ccc(N3CCN(Cc4ccc(Cl)cc4)CC3)nc2)cc1. The van der Waals surface area contributed by atoms with Gasteiger partial charge >= 0.3 is 0 Å². The smallest absolute Gasteiger partial charge is 0.255 e. The molecule has 0 radical (unpaired) electrons. The fourth-order valence-corrected chi connectivity index (χ4v) is 3.66. The number of rotatable bonds is 5.